The summed E-state index contributed by atoms with van der Waals surface area (Å²) in [5.74, 6) is 0.683. The minimum Gasteiger partial charge on any atom is -0.317 e. The number of rotatable bonds is 5. The van der Waals surface area contributed by atoms with Gasteiger partial charge >= 0.3 is 0 Å². The molecular weight excluding hydrogens is 343 g/mol. The van der Waals surface area contributed by atoms with Gasteiger partial charge in [-0.2, -0.15) is 4.99 Å². The van der Waals surface area contributed by atoms with Crippen LogP contribution in [0.1, 0.15) is 12.5 Å². The number of hydrogen-bond donors (Lipinski definition) is 0. The molecule has 0 aliphatic heterocycles. The fourth-order valence-electron chi connectivity index (χ4n) is 2.41. The summed E-state index contributed by atoms with van der Waals surface area (Å²) in [6.45, 7) is 2.68. The number of aromatic nitrogens is 1. The molecule has 6 heteroatoms. The molecule has 3 aromatic rings. The van der Waals surface area contributed by atoms with Crippen molar-refractivity contribution in [3.63, 3.8) is 0 Å². The predicted molar refractivity (Wildman–Crippen MR) is 98.6 cm³/mol. The summed E-state index contributed by atoms with van der Waals surface area (Å²) in [6, 6.07) is 14.7. The lowest BCUT2D eigenvalue weighted by molar-refractivity contribution is -0.115. The van der Waals surface area contributed by atoms with Gasteiger partial charge in [-0.05, 0) is 30.7 Å². The van der Waals surface area contributed by atoms with E-state index >= 15 is 0 Å². The van der Waals surface area contributed by atoms with Gasteiger partial charge in [0.05, 0.1) is 16.0 Å². The van der Waals surface area contributed by atoms with E-state index in [9.17, 15) is 9.18 Å². The van der Waals surface area contributed by atoms with Crippen LogP contribution in [0, 0.1) is 5.82 Å². The van der Waals surface area contributed by atoms with Crippen molar-refractivity contribution in [3.8, 4) is 0 Å². The second-order valence-corrected chi connectivity index (χ2v) is 7.22. The number of benzene rings is 2. The van der Waals surface area contributed by atoms with Crippen molar-refractivity contribution in [2.75, 3.05) is 5.75 Å². The van der Waals surface area contributed by atoms with Crippen molar-refractivity contribution < 1.29 is 9.18 Å². The average molecular weight is 360 g/mol. The number of hydrogen-bond acceptors (Lipinski definition) is 3. The number of carbonyl (C=O) groups is 1. The maximum absolute atomic E-state index is 13.4. The number of aryl methyl sites for hydroxylation is 1. The van der Waals surface area contributed by atoms with Crippen molar-refractivity contribution >= 4 is 39.2 Å². The Balaban J connectivity index is 1.75. The van der Waals surface area contributed by atoms with E-state index in [4.69, 9.17) is 0 Å². The molecule has 1 aromatic heterocycles. The van der Waals surface area contributed by atoms with Crippen LogP contribution >= 0.6 is 23.1 Å². The quantitative estimate of drug-likeness (QED) is 0.683. The Bertz CT molecular complexity index is 916. The van der Waals surface area contributed by atoms with E-state index in [1.807, 2.05) is 41.8 Å². The highest BCUT2D eigenvalue weighted by molar-refractivity contribution is 7.99. The molecule has 0 saturated carbocycles. The summed E-state index contributed by atoms with van der Waals surface area (Å²) in [4.78, 5) is 17.0. The Hall–Kier alpha value is -1.92. The second kappa shape index (κ2) is 7.77. The van der Waals surface area contributed by atoms with Crippen LogP contribution in [0.15, 0.2) is 53.5 Å². The SMILES string of the molecule is CCn1c(=NC(=O)CSCc2ccccc2)sc2cc(F)ccc21. The molecule has 0 aliphatic carbocycles. The van der Waals surface area contributed by atoms with E-state index in [1.54, 1.807) is 17.8 Å². The highest BCUT2D eigenvalue weighted by atomic mass is 32.2. The molecule has 0 bridgehead atoms. The molecule has 124 valence electrons. The third-order valence-corrected chi connectivity index (χ3v) is 5.55. The first kappa shape index (κ1) is 16.9. The molecule has 0 N–H and O–H groups in total. The zero-order chi connectivity index (χ0) is 16.9. The summed E-state index contributed by atoms with van der Waals surface area (Å²) in [5.41, 5.74) is 2.10. The Morgan fingerprint density at radius 1 is 1.25 bits per heavy atom. The van der Waals surface area contributed by atoms with Crippen molar-refractivity contribution in [2.24, 2.45) is 4.99 Å². The second-order valence-electron chi connectivity index (χ2n) is 5.22. The molecule has 3 rings (SSSR count). The topological polar surface area (TPSA) is 34.4 Å². The van der Waals surface area contributed by atoms with Crippen molar-refractivity contribution in [2.45, 2.75) is 19.2 Å². The van der Waals surface area contributed by atoms with Crippen LogP contribution in [0.25, 0.3) is 10.2 Å². The lowest BCUT2D eigenvalue weighted by atomic mass is 10.2. The van der Waals surface area contributed by atoms with Gasteiger partial charge in [0.25, 0.3) is 5.91 Å². The van der Waals surface area contributed by atoms with Gasteiger partial charge in [-0.25, -0.2) is 4.39 Å². The summed E-state index contributed by atoms with van der Waals surface area (Å²) < 4.78 is 16.1. The lowest BCUT2D eigenvalue weighted by Crippen LogP contribution is -2.16. The Morgan fingerprint density at radius 3 is 2.79 bits per heavy atom. The van der Waals surface area contributed by atoms with Crippen LogP contribution in [0.2, 0.25) is 0 Å². The highest BCUT2D eigenvalue weighted by Crippen LogP contribution is 2.18. The highest BCUT2D eigenvalue weighted by Gasteiger charge is 2.08. The van der Waals surface area contributed by atoms with Crippen LogP contribution in [0.4, 0.5) is 4.39 Å². The smallest absolute Gasteiger partial charge is 0.258 e. The van der Waals surface area contributed by atoms with Gasteiger partial charge in [0, 0.05) is 12.3 Å². The van der Waals surface area contributed by atoms with Crippen LogP contribution in [0.3, 0.4) is 0 Å². The van der Waals surface area contributed by atoms with E-state index in [0.717, 1.165) is 16.0 Å². The van der Waals surface area contributed by atoms with Crippen LogP contribution in [-0.4, -0.2) is 16.2 Å². The van der Waals surface area contributed by atoms with Crippen LogP contribution in [-0.2, 0) is 17.1 Å². The normalized spacial score (nSPS) is 12.0. The average Bonchev–Trinajstić information content (AvgIpc) is 2.91. The molecule has 0 aliphatic rings. The van der Waals surface area contributed by atoms with Crippen LogP contribution < -0.4 is 4.80 Å². The monoisotopic (exact) mass is 360 g/mol. The van der Waals surface area contributed by atoms with Crippen molar-refractivity contribution in [3.05, 3.63) is 64.7 Å². The van der Waals surface area contributed by atoms with Gasteiger partial charge in [-0.3, -0.25) is 4.79 Å². The minimum absolute atomic E-state index is 0.162. The maximum atomic E-state index is 13.4. The molecule has 24 heavy (non-hydrogen) atoms. The molecule has 0 spiro atoms. The number of carbonyl (C=O) groups excluding carboxylic acids is 1. The fourth-order valence-corrected chi connectivity index (χ4v) is 4.31. The Kier molecular flexibility index (Phi) is 5.48. The number of halogens is 1. The molecule has 0 fully saturated rings. The van der Waals surface area contributed by atoms with E-state index in [1.165, 1.54) is 29.0 Å². The summed E-state index contributed by atoms with van der Waals surface area (Å²) in [7, 11) is 0. The standard InChI is InChI=1S/C18H17FN2OS2/c1-2-21-15-9-8-14(19)10-16(15)24-18(21)20-17(22)12-23-11-13-6-4-3-5-7-13/h3-10H,2,11-12H2,1H3. The van der Waals surface area contributed by atoms with E-state index in [-0.39, 0.29) is 11.7 Å². The largest absolute Gasteiger partial charge is 0.317 e. The number of amides is 1. The molecule has 0 unspecified atom stereocenters. The van der Waals surface area contributed by atoms with Gasteiger partial charge in [0.1, 0.15) is 5.82 Å². The molecule has 2 aromatic carbocycles. The first-order valence-electron chi connectivity index (χ1n) is 7.65. The fraction of sp³-hybridized carbons (Fsp3) is 0.222. The van der Waals surface area contributed by atoms with Crippen molar-refractivity contribution in [1.29, 1.82) is 0 Å². The maximum Gasteiger partial charge on any atom is 0.258 e. The van der Waals surface area contributed by atoms with Gasteiger partial charge in [0.15, 0.2) is 4.80 Å². The molecular formula is C18H17FN2OS2. The third kappa shape index (κ3) is 3.94. The molecule has 0 saturated heterocycles. The Labute approximate surface area is 147 Å². The summed E-state index contributed by atoms with van der Waals surface area (Å²) >= 11 is 2.90. The summed E-state index contributed by atoms with van der Waals surface area (Å²) in [6.07, 6.45) is 0. The zero-order valence-corrected chi connectivity index (χ0v) is 14.9. The molecule has 1 amide bonds. The Morgan fingerprint density at radius 2 is 2.04 bits per heavy atom. The molecule has 0 radical (unpaired) electrons. The van der Waals surface area contributed by atoms with Crippen LogP contribution in [0.5, 0.6) is 0 Å². The molecule has 1 heterocycles. The van der Waals surface area contributed by atoms with Crippen molar-refractivity contribution in [1.82, 2.24) is 4.57 Å². The number of nitrogens with zero attached hydrogens (tertiary/aromatic N) is 2. The van der Waals surface area contributed by atoms with E-state index < -0.39 is 0 Å². The minimum atomic E-state index is -0.275. The number of thioether (sulfide) groups is 1. The number of thiazole rings is 1. The first-order valence-corrected chi connectivity index (χ1v) is 9.62. The predicted octanol–water partition coefficient (Wildman–Crippen LogP) is 4.22. The van der Waals surface area contributed by atoms with E-state index in [0.29, 0.717) is 17.1 Å². The van der Waals surface area contributed by atoms with Gasteiger partial charge < -0.3 is 4.57 Å². The molecule has 0 atom stereocenters. The first-order chi connectivity index (χ1) is 11.7. The van der Waals surface area contributed by atoms with Gasteiger partial charge in [0.2, 0.25) is 0 Å². The lowest BCUT2D eigenvalue weighted by Gasteiger charge is -2.00. The molecule has 3 nitrogen and oxygen atoms in total. The third-order valence-electron chi connectivity index (χ3n) is 3.52. The number of fused-ring (bicyclic) bond motifs is 1. The summed E-state index contributed by atoms with van der Waals surface area (Å²) in [5, 5.41) is 0. The van der Waals surface area contributed by atoms with E-state index in [2.05, 4.69) is 4.99 Å². The zero-order valence-electron chi connectivity index (χ0n) is 13.2. The van der Waals surface area contributed by atoms with Gasteiger partial charge in [-0.1, -0.05) is 41.7 Å². The van der Waals surface area contributed by atoms with Gasteiger partial charge in [-0.15, -0.1) is 11.8 Å².